The maximum absolute atomic E-state index is 11.4. The van der Waals surface area contributed by atoms with Crippen molar-refractivity contribution < 1.29 is 13.0 Å². The molecule has 1 atom stereocenters. The van der Waals surface area contributed by atoms with Crippen LogP contribution in [0.5, 0.6) is 0 Å². The molecule has 0 amide bonds. The maximum atomic E-state index is 11.4. The van der Waals surface area contributed by atoms with Crippen molar-refractivity contribution in [3.8, 4) is 0 Å². The summed E-state index contributed by atoms with van der Waals surface area (Å²) in [6.45, 7) is 7.72. The average molecular weight is 365 g/mol. The number of rotatable bonds is 10. The van der Waals surface area contributed by atoms with Gasteiger partial charge in [0, 0.05) is 0 Å². The van der Waals surface area contributed by atoms with E-state index >= 15 is 0 Å². The van der Waals surface area contributed by atoms with Gasteiger partial charge in [-0.1, -0.05) is 0 Å². The molecule has 0 heterocycles. The van der Waals surface area contributed by atoms with Crippen molar-refractivity contribution in [2.24, 2.45) is 0 Å². The van der Waals surface area contributed by atoms with Crippen LogP contribution in [0, 0.1) is 0 Å². The molecule has 4 heteroatoms. The number of hydrogen-bond acceptors (Lipinski definition) is 3. The molecule has 0 aliphatic heterocycles. The van der Waals surface area contributed by atoms with Gasteiger partial charge < -0.3 is 0 Å². The van der Waals surface area contributed by atoms with Gasteiger partial charge in [0.2, 0.25) is 0 Å². The van der Waals surface area contributed by atoms with Crippen LogP contribution >= 0.6 is 0 Å². The number of carbonyl (C=O) groups is 1. The normalized spacial score (nSPS) is 13.4. The summed E-state index contributed by atoms with van der Waals surface area (Å²) in [6.07, 6.45) is 5.14. The molecule has 0 rings (SSSR count). The Morgan fingerprint density at radius 2 is 1.67 bits per heavy atom. The van der Waals surface area contributed by atoms with Gasteiger partial charge in [-0.3, -0.25) is 0 Å². The van der Waals surface area contributed by atoms with Crippen molar-refractivity contribution in [3.63, 3.8) is 0 Å². The zero-order chi connectivity index (χ0) is 14.0. The van der Waals surface area contributed by atoms with Crippen LogP contribution in [0.1, 0.15) is 59.8 Å². The second-order valence-corrected chi connectivity index (χ2v) is 17.0. The molecule has 0 aromatic rings. The molecule has 0 aromatic carbocycles. The minimum absolute atomic E-state index is 0.108. The summed E-state index contributed by atoms with van der Waals surface area (Å²) in [6, 6.07) is 0. The van der Waals surface area contributed by atoms with Crippen LogP contribution in [0.4, 0.5) is 0 Å². The molecule has 0 bridgehead atoms. The van der Waals surface area contributed by atoms with E-state index in [1.165, 1.54) is 6.92 Å². The van der Waals surface area contributed by atoms with Crippen molar-refractivity contribution >= 4 is 24.8 Å². The summed E-state index contributed by atoms with van der Waals surface area (Å²) in [5, 5.41) is 9.49. The third-order valence-electron chi connectivity index (χ3n) is 3.35. The van der Waals surface area contributed by atoms with E-state index in [4.69, 9.17) is 3.07 Å². The van der Waals surface area contributed by atoms with Crippen LogP contribution < -0.4 is 0 Å². The number of unbranched alkanes of at least 4 members (excludes halogenated alkanes) is 2. The summed E-state index contributed by atoms with van der Waals surface area (Å²) >= 11 is -2.80. The van der Waals surface area contributed by atoms with Gasteiger partial charge in [-0.2, -0.15) is 0 Å². The van der Waals surface area contributed by atoms with Gasteiger partial charge in [0.15, 0.2) is 0 Å². The second-order valence-electron chi connectivity index (χ2n) is 5.37. The first kappa shape index (κ1) is 18.2. The summed E-state index contributed by atoms with van der Waals surface area (Å²) in [5.74, 6) is -0.108. The van der Waals surface area contributed by atoms with Crippen molar-refractivity contribution in [2.75, 3.05) is 0 Å². The minimum atomic E-state index is -2.80. The molecular formula is C14H30O3Sn. The van der Waals surface area contributed by atoms with Gasteiger partial charge in [-0.05, 0) is 0 Å². The predicted octanol–water partition coefficient (Wildman–Crippen LogP) is 3.87. The number of carbonyl (C=O) groups excluding carboxylic acids is 1. The van der Waals surface area contributed by atoms with Crippen LogP contribution in [0.2, 0.25) is 13.3 Å². The molecule has 0 saturated heterocycles. The summed E-state index contributed by atoms with van der Waals surface area (Å²) in [7, 11) is 0. The molecule has 1 N–H and O–H groups in total. The number of aliphatic hydroxyl groups excluding tert-OH is 1. The van der Waals surface area contributed by atoms with Crippen molar-refractivity contribution in [1.29, 1.82) is 0 Å². The first-order valence-electron chi connectivity index (χ1n) is 7.33. The van der Waals surface area contributed by atoms with Gasteiger partial charge in [0.25, 0.3) is 0 Å². The van der Waals surface area contributed by atoms with Gasteiger partial charge in [-0.25, -0.2) is 0 Å². The van der Waals surface area contributed by atoms with E-state index in [0.29, 0.717) is 0 Å². The van der Waals surface area contributed by atoms with Gasteiger partial charge in [-0.15, -0.1) is 0 Å². The second kappa shape index (κ2) is 10.1. The third-order valence-corrected chi connectivity index (χ3v) is 16.1. The number of hydrogen-bond donors (Lipinski definition) is 1. The standard InChI is InChI=1S/C4H9O.2C4H9.C2H4O2.Sn/c1-3-4(2)5;2*1-3-4-2;1-2(3)4;/h4-5H,1,3H2,2H3;2*1,3-4H2,2H3;1H3,(H,3,4);/q;;;;+1/p-1. The zero-order valence-electron chi connectivity index (χ0n) is 12.5. The first-order chi connectivity index (χ1) is 8.45. The Morgan fingerprint density at radius 1 is 1.17 bits per heavy atom. The van der Waals surface area contributed by atoms with Crippen LogP contribution in [-0.4, -0.2) is 36.0 Å². The summed E-state index contributed by atoms with van der Waals surface area (Å²) < 4.78 is 9.08. The van der Waals surface area contributed by atoms with Crippen LogP contribution in [0.25, 0.3) is 0 Å². The van der Waals surface area contributed by atoms with Gasteiger partial charge >= 0.3 is 117 Å². The molecule has 0 spiro atoms. The van der Waals surface area contributed by atoms with E-state index in [2.05, 4.69) is 13.8 Å². The van der Waals surface area contributed by atoms with E-state index in [1.54, 1.807) is 0 Å². The van der Waals surface area contributed by atoms with Crippen molar-refractivity contribution in [1.82, 2.24) is 0 Å². The van der Waals surface area contributed by atoms with Gasteiger partial charge in [0.1, 0.15) is 0 Å². The Balaban J connectivity index is 4.67. The molecule has 0 saturated carbocycles. The Kier molecular flexibility index (Phi) is 10.2. The summed E-state index contributed by atoms with van der Waals surface area (Å²) in [4.78, 5) is 11.4. The van der Waals surface area contributed by atoms with Crippen LogP contribution in [0.3, 0.4) is 0 Å². The van der Waals surface area contributed by atoms with Crippen molar-refractivity contribution in [2.45, 2.75) is 79.2 Å². The molecule has 108 valence electrons. The Morgan fingerprint density at radius 3 is 2.00 bits per heavy atom. The third kappa shape index (κ3) is 8.35. The van der Waals surface area contributed by atoms with E-state index in [0.717, 1.165) is 45.4 Å². The first-order valence-corrected chi connectivity index (χ1v) is 14.6. The van der Waals surface area contributed by atoms with E-state index in [9.17, 15) is 9.90 Å². The summed E-state index contributed by atoms with van der Waals surface area (Å²) in [5.41, 5.74) is 0. The van der Waals surface area contributed by atoms with Crippen LogP contribution in [-0.2, 0) is 7.87 Å². The van der Waals surface area contributed by atoms with Crippen LogP contribution in [0.15, 0.2) is 0 Å². The topological polar surface area (TPSA) is 46.5 Å². The fraction of sp³-hybridized carbons (Fsp3) is 0.929. The Bertz CT molecular complexity index is 221. The van der Waals surface area contributed by atoms with E-state index in [1.807, 2.05) is 6.92 Å². The molecule has 0 aliphatic carbocycles. The molecular weight excluding hydrogens is 335 g/mol. The SMILES string of the molecule is CCC[CH2][Sn]([CH2]CCC)([CH2]CC(C)O)[O]C(C)=O. The molecule has 1 unspecified atom stereocenters. The van der Waals surface area contributed by atoms with E-state index in [-0.39, 0.29) is 12.1 Å². The Labute approximate surface area is 117 Å². The fourth-order valence-electron chi connectivity index (χ4n) is 2.30. The molecule has 3 nitrogen and oxygen atoms in total. The zero-order valence-corrected chi connectivity index (χ0v) is 15.4. The average Bonchev–Trinajstić information content (AvgIpc) is 2.30. The molecule has 0 aliphatic rings. The molecule has 0 aromatic heterocycles. The van der Waals surface area contributed by atoms with Crippen molar-refractivity contribution in [3.05, 3.63) is 0 Å². The monoisotopic (exact) mass is 366 g/mol. The number of aliphatic hydroxyl groups is 1. The molecule has 18 heavy (non-hydrogen) atoms. The quantitative estimate of drug-likeness (QED) is 0.598. The van der Waals surface area contributed by atoms with E-state index < -0.39 is 18.8 Å². The molecule has 0 fully saturated rings. The fourth-order valence-corrected chi connectivity index (χ4v) is 15.4. The Hall–Kier alpha value is 0.229. The molecule has 0 radical (unpaired) electrons. The predicted molar refractivity (Wildman–Crippen MR) is 78.1 cm³/mol. The van der Waals surface area contributed by atoms with Gasteiger partial charge in [0.05, 0.1) is 0 Å².